The molecule has 1 saturated carbocycles. The van der Waals surface area contributed by atoms with E-state index < -0.39 is 0 Å². The van der Waals surface area contributed by atoms with E-state index in [1.807, 2.05) is 18.5 Å². The summed E-state index contributed by atoms with van der Waals surface area (Å²) in [4.78, 5) is 29.3. The molecule has 1 spiro atoms. The quantitative estimate of drug-likeness (QED) is 0.353. The highest BCUT2D eigenvalue weighted by Gasteiger charge is 2.46. The van der Waals surface area contributed by atoms with Crippen LogP contribution >= 0.6 is 23.4 Å². The highest BCUT2D eigenvalue weighted by Crippen LogP contribution is 2.50. The van der Waals surface area contributed by atoms with Crippen molar-refractivity contribution in [2.75, 3.05) is 23.3 Å². The Balaban J connectivity index is 1.07. The van der Waals surface area contributed by atoms with E-state index in [1.165, 1.54) is 22.9 Å². The molecule has 0 unspecified atom stereocenters. The van der Waals surface area contributed by atoms with Crippen LogP contribution in [0.1, 0.15) is 42.9 Å². The minimum atomic E-state index is 0.0660. The van der Waals surface area contributed by atoms with Gasteiger partial charge in [-0.15, -0.1) is 0 Å². The van der Waals surface area contributed by atoms with E-state index in [-0.39, 0.29) is 11.5 Å². The Labute approximate surface area is 217 Å². The number of H-pyrrole nitrogens is 1. The molecule has 7 rings (SSSR count). The molecule has 3 aliphatic rings. The van der Waals surface area contributed by atoms with Gasteiger partial charge >= 0.3 is 0 Å². The lowest BCUT2D eigenvalue weighted by molar-refractivity contribution is 0.187. The highest BCUT2D eigenvalue weighted by molar-refractivity contribution is 7.99. The summed E-state index contributed by atoms with van der Waals surface area (Å²) < 4.78 is 0. The van der Waals surface area contributed by atoms with Gasteiger partial charge < -0.3 is 20.9 Å². The van der Waals surface area contributed by atoms with Gasteiger partial charge in [0.15, 0.2) is 11.3 Å². The molecule has 4 N–H and O–H groups in total. The zero-order chi connectivity index (χ0) is 24.3. The number of fused-ring (bicyclic) bond motifs is 2. The Hall–Kier alpha value is -2.95. The molecule has 0 bridgehead atoms. The lowest BCUT2D eigenvalue weighted by Crippen LogP contribution is -2.44. The molecule has 184 valence electrons. The molecule has 2 aliphatic carbocycles. The number of imidazole rings is 1. The van der Waals surface area contributed by atoms with Crippen LogP contribution in [0, 0.1) is 5.41 Å². The topological polar surface area (TPSA) is 122 Å². The van der Waals surface area contributed by atoms with Crippen LogP contribution in [-0.4, -0.2) is 49.0 Å². The van der Waals surface area contributed by atoms with Crippen LogP contribution in [0.15, 0.2) is 46.8 Å². The van der Waals surface area contributed by atoms with Gasteiger partial charge in [-0.3, -0.25) is 4.98 Å². The molecule has 9 nitrogen and oxygen atoms in total. The first-order chi connectivity index (χ1) is 17.6. The summed E-state index contributed by atoms with van der Waals surface area (Å²) in [5.41, 5.74) is 10.7. The summed E-state index contributed by atoms with van der Waals surface area (Å²) in [6, 6.07) is 4.53. The van der Waals surface area contributed by atoms with Crippen molar-refractivity contribution >= 4 is 46.4 Å². The highest BCUT2D eigenvalue weighted by atomic mass is 35.5. The number of aromatic nitrogens is 6. The molecule has 1 saturated heterocycles. The number of pyridine rings is 2. The van der Waals surface area contributed by atoms with E-state index in [1.54, 1.807) is 12.4 Å². The monoisotopic (exact) mass is 519 g/mol. The number of piperidine rings is 1. The molecule has 2 fully saturated rings. The first kappa shape index (κ1) is 22.3. The van der Waals surface area contributed by atoms with Gasteiger partial charge in [-0.25, -0.2) is 15.0 Å². The van der Waals surface area contributed by atoms with Gasteiger partial charge in [0.1, 0.15) is 10.8 Å². The Morgan fingerprint density at radius 2 is 1.97 bits per heavy atom. The minimum absolute atomic E-state index is 0.0660. The average Bonchev–Trinajstić information content (AvgIpc) is 3.55. The number of halogens is 1. The summed E-state index contributed by atoms with van der Waals surface area (Å²) in [7, 11) is 0. The number of nitrogens with two attached hydrogens (primary N) is 1. The van der Waals surface area contributed by atoms with Crippen molar-refractivity contribution in [1.29, 1.82) is 0 Å². The van der Waals surface area contributed by atoms with E-state index in [4.69, 9.17) is 27.3 Å². The zero-order valence-corrected chi connectivity index (χ0v) is 21.2. The number of hydrogen-bond donors (Lipinski definition) is 3. The second kappa shape index (κ2) is 8.57. The molecular weight excluding hydrogens is 494 g/mol. The first-order valence-corrected chi connectivity index (χ1v) is 13.5. The first-order valence-electron chi connectivity index (χ1n) is 12.3. The molecule has 0 radical (unpaired) electrons. The fourth-order valence-corrected chi connectivity index (χ4v) is 6.52. The average molecular weight is 520 g/mol. The third kappa shape index (κ3) is 3.88. The van der Waals surface area contributed by atoms with E-state index in [0.29, 0.717) is 22.4 Å². The van der Waals surface area contributed by atoms with Crippen LogP contribution < -0.4 is 16.0 Å². The van der Waals surface area contributed by atoms with Crippen molar-refractivity contribution < 1.29 is 0 Å². The number of hydrogen-bond acceptors (Lipinski definition) is 9. The molecule has 0 aromatic carbocycles. The smallest absolute Gasteiger partial charge is 0.206 e. The normalized spacial score (nSPS) is 20.7. The van der Waals surface area contributed by atoms with Crippen molar-refractivity contribution in [2.45, 2.75) is 54.1 Å². The maximum Gasteiger partial charge on any atom is 0.206 e. The van der Waals surface area contributed by atoms with Gasteiger partial charge in [-0.1, -0.05) is 23.4 Å². The molecule has 5 heterocycles. The Morgan fingerprint density at radius 1 is 1.11 bits per heavy atom. The molecule has 4 aromatic rings. The zero-order valence-electron chi connectivity index (χ0n) is 19.6. The molecule has 1 atom stereocenters. The van der Waals surface area contributed by atoms with E-state index in [2.05, 4.69) is 36.2 Å². The van der Waals surface area contributed by atoms with Crippen LogP contribution in [0.5, 0.6) is 0 Å². The van der Waals surface area contributed by atoms with E-state index in [9.17, 15) is 0 Å². The number of rotatable bonds is 5. The second-order valence-electron chi connectivity index (χ2n) is 10.0. The maximum absolute atomic E-state index is 6.72. The lowest BCUT2D eigenvalue weighted by Gasteiger charge is -2.42. The van der Waals surface area contributed by atoms with Gasteiger partial charge in [0.25, 0.3) is 0 Å². The number of anilines is 2. The van der Waals surface area contributed by atoms with Gasteiger partial charge in [0, 0.05) is 48.7 Å². The Morgan fingerprint density at radius 3 is 2.78 bits per heavy atom. The van der Waals surface area contributed by atoms with Crippen molar-refractivity contribution in [3.8, 4) is 0 Å². The fraction of sp³-hybridized carbons (Fsp3) is 0.400. The maximum atomic E-state index is 6.72. The molecule has 4 aromatic heterocycles. The summed E-state index contributed by atoms with van der Waals surface area (Å²) >= 11 is 8.08. The summed E-state index contributed by atoms with van der Waals surface area (Å²) in [6.45, 7) is 1.78. The van der Waals surface area contributed by atoms with Gasteiger partial charge in [-0.05, 0) is 60.8 Å². The van der Waals surface area contributed by atoms with Gasteiger partial charge in [0.05, 0.1) is 11.2 Å². The predicted octanol–water partition coefficient (Wildman–Crippen LogP) is 4.36. The van der Waals surface area contributed by atoms with Gasteiger partial charge in [-0.2, -0.15) is 4.98 Å². The summed E-state index contributed by atoms with van der Waals surface area (Å²) in [6.07, 6.45) is 12.7. The molecule has 1 aliphatic heterocycles. The van der Waals surface area contributed by atoms with Gasteiger partial charge in [0.2, 0.25) is 5.95 Å². The van der Waals surface area contributed by atoms with Crippen LogP contribution in [0.2, 0.25) is 5.02 Å². The third-order valence-corrected chi connectivity index (χ3v) is 9.16. The summed E-state index contributed by atoms with van der Waals surface area (Å²) in [5, 5.41) is 4.74. The predicted molar refractivity (Wildman–Crippen MR) is 140 cm³/mol. The summed E-state index contributed by atoms with van der Waals surface area (Å²) in [5.74, 6) is 1.54. The Kier molecular flexibility index (Phi) is 5.30. The number of aromatic amines is 1. The Bertz CT molecular complexity index is 1440. The minimum Gasteiger partial charge on any atom is -0.366 e. The van der Waals surface area contributed by atoms with Crippen LogP contribution in [0.3, 0.4) is 0 Å². The van der Waals surface area contributed by atoms with Crippen LogP contribution in [0.4, 0.5) is 11.8 Å². The van der Waals surface area contributed by atoms with E-state index in [0.717, 1.165) is 66.9 Å². The fourth-order valence-electron chi connectivity index (χ4n) is 5.46. The molecule has 36 heavy (non-hydrogen) atoms. The number of nitrogens with one attached hydrogen (secondary N) is 2. The SMILES string of the molecule is N[C@@H]1c2ccncc2CC12CCN(c1nc3nc(Sc4ccnc(NC5CC5)c4Cl)cnc3[nH]1)CC2. The number of nitrogens with zero attached hydrogens (tertiary/aromatic N) is 6. The standard InChI is InChI=1S/C25H26ClN9S/c26-19-17(4-8-29-21(19)31-15-1-2-15)36-18-13-30-22-23(32-18)34-24(33-22)35-9-5-25(6-10-35)11-14-12-28-7-3-16(14)20(25)27/h3-4,7-8,12-13,15,20H,1-2,5-6,9-11,27H2,(H,29,31)(H,30,32,33,34)/t20-/m1/s1. The van der Waals surface area contributed by atoms with Crippen molar-refractivity contribution in [3.63, 3.8) is 0 Å². The van der Waals surface area contributed by atoms with Crippen molar-refractivity contribution in [2.24, 2.45) is 11.1 Å². The third-order valence-electron chi connectivity index (χ3n) is 7.70. The van der Waals surface area contributed by atoms with Crippen LogP contribution in [0.25, 0.3) is 11.3 Å². The molecule has 11 heteroatoms. The molecular formula is C25H26ClN9S. The van der Waals surface area contributed by atoms with E-state index >= 15 is 0 Å². The largest absolute Gasteiger partial charge is 0.366 e. The lowest BCUT2D eigenvalue weighted by atomic mass is 9.73. The van der Waals surface area contributed by atoms with Crippen molar-refractivity contribution in [1.82, 2.24) is 29.9 Å². The van der Waals surface area contributed by atoms with Crippen LogP contribution in [-0.2, 0) is 6.42 Å². The van der Waals surface area contributed by atoms with Crippen molar-refractivity contribution in [3.05, 3.63) is 53.1 Å². The second-order valence-corrected chi connectivity index (χ2v) is 11.5. The molecule has 0 amide bonds.